The average molecular weight is 286 g/mol. The molecule has 0 heterocycles. The lowest BCUT2D eigenvalue weighted by molar-refractivity contribution is -0.137. The van der Waals surface area contributed by atoms with Gasteiger partial charge in [0.25, 0.3) is 0 Å². The number of hydrogen-bond donors (Lipinski definition) is 2. The molecule has 0 unspecified atom stereocenters. The maximum Gasteiger partial charge on any atom is 0.305 e. The van der Waals surface area contributed by atoms with E-state index >= 15 is 0 Å². The number of aliphatic carboxylic acids is 1. The molecule has 0 aliphatic rings. The number of carbonyl (C=O) groups excluding carboxylic acids is 1. The lowest BCUT2D eigenvalue weighted by Crippen LogP contribution is -2.37. The highest BCUT2D eigenvalue weighted by Gasteiger charge is 2.22. The number of sulfonamides is 1. The second-order valence-corrected chi connectivity index (χ2v) is 5.28. The highest BCUT2D eigenvalue weighted by molar-refractivity contribution is 7.89. The number of carboxylic acids is 1. The molecule has 0 fully saturated rings. The van der Waals surface area contributed by atoms with Crippen molar-refractivity contribution in [2.24, 2.45) is 0 Å². The van der Waals surface area contributed by atoms with Gasteiger partial charge < -0.3 is 9.84 Å². The molecular formula is C11H12NO6S. The number of ether oxygens (including phenoxy) is 1. The molecule has 1 atom stereocenters. The minimum absolute atomic E-state index is 0.0982. The Morgan fingerprint density at radius 3 is 2.42 bits per heavy atom. The van der Waals surface area contributed by atoms with E-state index in [2.05, 4.69) is 0 Å². The van der Waals surface area contributed by atoms with Gasteiger partial charge in [0.1, 0.15) is 5.75 Å². The number of nitrogens with one attached hydrogen (secondary N) is 1. The predicted octanol–water partition coefficient (Wildman–Crippen LogP) is -0.0735. The summed E-state index contributed by atoms with van der Waals surface area (Å²) in [7, 11) is -2.54. The summed E-state index contributed by atoms with van der Waals surface area (Å²) in [6, 6.07) is 4.01. The van der Waals surface area contributed by atoms with E-state index in [9.17, 15) is 18.0 Å². The molecule has 1 aromatic rings. The standard InChI is InChI=1S/C11H12NO6S/c1-18-9-2-4-10(5-3-9)19(16,17)12-8(7-13)6-11(14)15/h2-5,8,12H,6H2,1H3,(H,14,15)/t8-/m0/s1. The highest BCUT2D eigenvalue weighted by atomic mass is 32.2. The number of benzene rings is 1. The Labute approximate surface area is 110 Å². The van der Waals surface area contributed by atoms with Gasteiger partial charge in [0, 0.05) is 0 Å². The maximum atomic E-state index is 11.9. The Kier molecular flexibility index (Phi) is 5.02. The van der Waals surface area contributed by atoms with E-state index in [4.69, 9.17) is 9.84 Å². The van der Waals surface area contributed by atoms with E-state index in [0.29, 0.717) is 5.75 Å². The maximum absolute atomic E-state index is 11.9. The molecule has 103 valence electrons. The van der Waals surface area contributed by atoms with Crippen LogP contribution in [0.3, 0.4) is 0 Å². The number of rotatable bonds is 7. The van der Waals surface area contributed by atoms with Crippen LogP contribution in [-0.4, -0.2) is 38.9 Å². The summed E-state index contributed by atoms with van der Waals surface area (Å²) in [5.74, 6) is -0.825. The lowest BCUT2D eigenvalue weighted by Gasteiger charge is -2.10. The van der Waals surface area contributed by atoms with Gasteiger partial charge in [-0.1, -0.05) is 0 Å². The lowest BCUT2D eigenvalue weighted by atomic mass is 10.2. The number of hydrogen-bond acceptors (Lipinski definition) is 5. The summed E-state index contributed by atoms with van der Waals surface area (Å²) in [4.78, 5) is 20.9. The van der Waals surface area contributed by atoms with Gasteiger partial charge in [-0.05, 0) is 24.3 Å². The Bertz CT molecular complexity index is 551. The molecule has 19 heavy (non-hydrogen) atoms. The first-order valence-corrected chi connectivity index (χ1v) is 6.63. The first kappa shape index (κ1) is 15.1. The van der Waals surface area contributed by atoms with Gasteiger partial charge in [-0.2, -0.15) is 4.72 Å². The summed E-state index contributed by atoms with van der Waals surface area (Å²) in [5.41, 5.74) is 0. The summed E-state index contributed by atoms with van der Waals surface area (Å²) in [5, 5.41) is 8.52. The van der Waals surface area contributed by atoms with E-state index in [0.717, 1.165) is 0 Å². The monoisotopic (exact) mass is 286 g/mol. The molecule has 1 radical (unpaired) electrons. The van der Waals surface area contributed by atoms with Crippen molar-refractivity contribution in [3.8, 4) is 5.75 Å². The summed E-state index contributed by atoms with van der Waals surface area (Å²) in [6.45, 7) is 0. The fourth-order valence-corrected chi connectivity index (χ4v) is 2.43. The fourth-order valence-electron chi connectivity index (χ4n) is 1.29. The molecule has 8 heteroatoms. The van der Waals surface area contributed by atoms with Crippen molar-refractivity contribution in [1.82, 2.24) is 4.72 Å². The third kappa shape index (κ3) is 4.34. The third-order valence-electron chi connectivity index (χ3n) is 2.19. The predicted molar refractivity (Wildman–Crippen MR) is 65.0 cm³/mol. The molecular weight excluding hydrogens is 274 g/mol. The second kappa shape index (κ2) is 6.30. The van der Waals surface area contributed by atoms with E-state index in [1.54, 1.807) is 0 Å². The molecule has 0 spiro atoms. The van der Waals surface area contributed by atoms with Crippen LogP contribution < -0.4 is 9.46 Å². The van der Waals surface area contributed by atoms with Crippen LogP contribution >= 0.6 is 0 Å². The van der Waals surface area contributed by atoms with Crippen molar-refractivity contribution in [3.05, 3.63) is 24.3 Å². The smallest absolute Gasteiger partial charge is 0.305 e. The van der Waals surface area contributed by atoms with Gasteiger partial charge in [0.15, 0.2) is 0 Å². The Morgan fingerprint density at radius 2 is 2.00 bits per heavy atom. The van der Waals surface area contributed by atoms with Crippen LogP contribution in [0.1, 0.15) is 6.42 Å². The van der Waals surface area contributed by atoms with E-state index in [-0.39, 0.29) is 4.90 Å². The molecule has 0 aliphatic heterocycles. The van der Waals surface area contributed by atoms with Gasteiger partial charge >= 0.3 is 5.97 Å². The molecule has 0 aliphatic carbocycles. The van der Waals surface area contributed by atoms with Crippen molar-refractivity contribution < 1.29 is 27.9 Å². The number of carbonyl (C=O) groups is 1. The molecule has 1 aromatic carbocycles. The van der Waals surface area contributed by atoms with Crippen molar-refractivity contribution in [3.63, 3.8) is 0 Å². The summed E-state index contributed by atoms with van der Waals surface area (Å²) >= 11 is 0. The average Bonchev–Trinajstić information content (AvgIpc) is 2.37. The van der Waals surface area contributed by atoms with Gasteiger partial charge in [-0.25, -0.2) is 8.42 Å². The van der Waals surface area contributed by atoms with Crippen LogP contribution in [0.25, 0.3) is 0 Å². The molecule has 7 nitrogen and oxygen atoms in total. The van der Waals surface area contributed by atoms with Crippen molar-refractivity contribution in [2.75, 3.05) is 7.11 Å². The fraction of sp³-hybridized carbons (Fsp3) is 0.273. The van der Waals surface area contributed by atoms with Crippen LogP contribution in [0.5, 0.6) is 5.75 Å². The number of methoxy groups -OCH3 is 1. The molecule has 0 aromatic heterocycles. The van der Waals surface area contributed by atoms with Gasteiger partial charge in [0.2, 0.25) is 16.3 Å². The zero-order chi connectivity index (χ0) is 14.5. The minimum atomic E-state index is -3.97. The van der Waals surface area contributed by atoms with Crippen LogP contribution in [0.15, 0.2) is 29.2 Å². The third-order valence-corrected chi connectivity index (χ3v) is 3.68. The normalized spacial score (nSPS) is 12.7. The van der Waals surface area contributed by atoms with Crippen molar-refractivity contribution >= 4 is 22.3 Å². The minimum Gasteiger partial charge on any atom is -0.497 e. The molecule has 0 bridgehead atoms. The first-order chi connectivity index (χ1) is 8.89. The van der Waals surface area contributed by atoms with Gasteiger partial charge in [-0.3, -0.25) is 9.59 Å². The van der Waals surface area contributed by atoms with Crippen molar-refractivity contribution in [1.29, 1.82) is 0 Å². The van der Waals surface area contributed by atoms with Crippen LogP contribution in [-0.2, 0) is 19.6 Å². The first-order valence-electron chi connectivity index (χ1n) is 5.15. The van der Waals surface area contributed by atoms with Crippen molar-refractivity contribution in [2.45, 2.75) is 17.4 Å². The molecule has 0 saturated heterocycles. The van der Waals surface area contributed by atoms with Crippen LogP contribution in [0, 0.1) is 0 Å². The molecule has 0 amide bonds. The molecule has 1 rings (SSSR count). The second-order valence-electron chi connectivity index (χ2n) is 3.57. The number of carboxylic acid groups (broad SMARTS) is 1. The van der Waals surface area contributed by atoms with E-state index in [1.165, 1.54) is 37.7 Å². The summed E-state index contributed by atoms with van der Waals surface area (Å²) < 4.78 is 30.6. The quantitative estimate of drug-likeness (QED) is 0.726. The zero-order valence-corrected chi connectivity index (χ0v) is 10.8. The Hall–Kier alpha value is -1.93. The van der Waals surface area contributed by atoms with Gasteiger partial charge in [0.05, 0.1) is 24.5 Å². The summed E-state index contributed by atoms with van der Waals surface area (Å²) in [6.07, 6.45) is 0.668. The van der Waals surface area contributed by atoms with Crippen LogP contribution in [0.4, 0.5) is 0 Å². The Balaban J connectivity index is 2.89. The zero-order valence-electron chi connectivity index (χ0n) is 9.99. The van der Waals surface area contributed by atoms with E-state index in [1.807, 2.05) is 4.72 Å². The topological polar surface area (TPSA) is 110 Å². The highest BCUT2D eigenvalue weighted by Crippen LogP contribution is 2.15. The molecule has 2 N–H and O–H groups in total. The molecule has 0 saturated carbocycles. The SMILES string of the molecule is COc1ccc(S(=O)(=O)N[C@H]([C]=O)CC(=O)O)cc1. The van der Waals surface area contributed by atoms with E-state index < -0.39 is 28.5 Å². The largest absolute Gasteiger partial charge is 0.497 e. The Morgan fingerprint density at radius 1 is 1.42 bits per heavy atom. The van der Waals surface area contributed by atoms with Crippen LogP contribution in [0.2, 0.25) is 0 Å². The van der Waals surface area contributed by atoms with Gasteiger partial charge in [-0.15, -0.1) is 0 Å².